The van der Waals surface area contributed by atoms with Gasteiger partial charge in [0.1, 0.15) is 0 Å². The molecule has 5 heteroatoms. The Morgan fingerprint density at radius 3 is 2.60 bits per heavy atom. The van der Waals surface area contributed by atoms with Crippen molar-refractivity contribution in [2.24, 2.45) is 4.99 Å². The fourth-order valence-electron chi connectivity index (χ4n) is 3.67. The zero-order chi connectivity index (χ0) is 18.5. The van der Waals surface area contributed by atoms with E-state index in [1.807, 2.05) is 0 Å². The molecule has 0 bridgehead atoms. The fourth-order valence-corrected chi connectivity index (χ4v) is 3.67. The van der Waals surface area contributed by atoms with Gasteiger partial charge in [0.15, 0.2) is 5.96 Å². The lowest BCUT2D eigenvalue weighted by Crippen LogP contribution is -2.45. The van der Waals surface area contributed by atoms with Gasteiger partial charge in [-0.1, -0.05) is 27.2 Å². The third kappa shape index (κ3) is 8.91. The number of guanidine groups is 1. The predicted molar refractivity (Wildman–Crippen MR) is 110 cm³/mol. The Morgan fingerprint density at radius 1 is 1.20 bits per heavy atom. The summed E-state index contributed by atoms with van der Waals surface area (Å²) in [6.45, 7) is 18.9. The van der Waals surface area contributed by atoms with E-state index in [1.165, 1.54) is 45.2 Å². The van der Waals surface area contributed by atoms with Crippen molar-refractivity contribution in [2.45, 2.75) is 78.8 Å². The molecule has 1 aliphatic heterocycles. The molecule has 1 aliphatic rings. The topological polar surface area (TPSA) is 42.9 Å². The molecule has 1 fully saturated rings. The van der Waals surface area contributed by atoms with Crippen LogP contribution in [-0.4, -0.2) is 73.7 Å². The maximum absolute atomic E-state index is 4.89. The highest BCUT2D eigenvalue weighted by Gasteiger charge is 2.20. The average Bonchev–Trinajstić information content (AvgIpc) is 2.63. The summed E-state index contributed by atoms with van der Waals surface area (Å²) >= 11 is 0. The minimum atomic E-state index is 0.460. The first kappa shape index (κ1) is 22.2. The van der Waals surface area contributed by atoms with Crippen LogP contribution in [0.3, 0.4) is 0 Å². The third-order valence-corrected chi connectivity index (χ3v) is 5.35. The summed E-state index contributed by atoms with van der Waals surface area (Å²) in [5.74, 6) is 0.986. The van der Waals surface area contributed by atoms with E-state index in [1.54, 1.807) is 0 Å². The Bertz CT molecular complexity index is 354. The number of nitrogens with one attached hydrogen (secondary N) is 2. The van der Waals surface area contributed by atoms with Crippen LogP contribution in [0, 0.1) is 0 Å². The van der Waals surface area contributed by atoms with Crippen LogP contribution in [0.5, 0.6) is 0 Å². The van der Waals surface area contributed by atoms with Crippen molar-refractivity contribution < 1.29 is 0 Å². The lowest BCUT2D eigenvalue weighted by Gasteiger charge is -2.34. The molecule has 0 radical (unpaired) electrons. The van der Waals surface area contributed by atoms with Gasteiger partial charge < -0.3 is 15.5 Å². The highest BCUT2D eigenvalue weighted by molar-refractivity contribution is 5.80. The molecule has 0 aliphatic carbocycles. The van der Waals surface area contributed by atoms with Gasteiger partial charge >= 0.3 is 0 Å². The summed E-state index contributed by atoms with van der Waals surface area (Å²) in [7, 11) is 0. The first-order chi connectivity index (χ1) is 12.1. The van der Waals surface area contributed by atoms with Gasteiger partial charge in [-0.25, -0.2) is 0 Å². The second kappa shape index (κ2) is 13.4. The van der Waals surface area contributed by atoms with E-state index in [2.05, 4.69) is 55.1 Å². The Hall–Kier alpha value is -0.810. The molecule has 2 unspecified atom stereocenters. The summed E-state index contributed by atoms with van der Waals surface area (Å²) in [5.41, 5.74) is 0. The summed E-state index contributed by atoms with van der Waals surface area (Å²) < 4.78 is 0. The number of hydrogen-bond donors (Lipinski definition) is 2. The summed E-state index contributed by atoms with van der Waals surface area (Å²) in [5, 5.41) is 7.02. The lowest BCUT2D eigenvalue weighted by molar-refractivity contribution is 0.161. The first-order valence-electron chi connectivity index (χ1n) is 10.7. The molecule has 0 aromatic heterocycles. The van der Waals surface area contributed by atoms with Gasteiger partial charge in [-0.2, -0.15) is 0 Å². The molecule has 0 spiro atoms. The normalized spacial score (nSPS) is 20.7. The standard InChI is InChI=1S/C20H43N5/c1-6-21-20(22-17-19-14-10-11-16-25(19)9-4)23-18(5)13-12-15-24(7-2)8-3/h18-19H,6-17H2,1-5H3,(H2,21,22,23). The molecule has 0 aromatic rings. The van der Waals surface area contributed by atoms with Crippen LogP contribution in [0.25, 0.3) is 0 Å². The Morgan fingerprint density at radius 2 is 1.96 bits per heavy atom. The van der Waals surface area contributed by atoms with Crippen molar-refractivity contribution in [1.82, 2.24) is 20.4 Å². The van der Waals surface area contributed by atoms with Crippen molar-refractivity contribution in [3.63, 3.8) is 0 Å². The van der Waals surface area contributed by atoms with Crippen molar-refractivity contribution in [2.75, 3.05) is 45.8 Å². The molecule has 2 atom stereocenters. The van der Waals surface area contributed by atoms with Crippen molar-refractivity contribution in [3.8, 4) is 0 Å². The quantitative estimate of drug-likeness (QED) is 0.443. The molecule has 25 heavy (non-hydrogen) atoms. The van der Waals surface area contributed by atoms with Crippen LogP contribution >= 0.6 is 0 Å². The minimum absolute atomic E-state index is 0.460. The molecule has 0 aromatic carbocycles. The number of rotatable bonds is 11. The first-order valence-corrected chi connectivity index (χ1v) is 10.7. The molecule has 5 nitrogen and oxygen atoms in total. The zero-order valence-electron chi connectivity index (χ0n) is 17.5. The molecule has 1 heterocycles. The monoisotopic (exact) mass is 353 g/mol. The van der Waals surface area contributed by atoms with Gasteiger partial charge in [-0.05, 0) is 72.3 Å². The van der Waals surface area contributed by atoms with Crippen LogP contribution in [0.1, 0.15) is 66.7 Å². The molecular weight excluding hydrogens is 310 g/mol. The largest absolute Gasteiger partial charge is 0.357 e. The lowest BCUT2D eigenvalue weighted by atomic mass is 10.0. The second-order valence-corrected chi connectivity index (χ2v) is 7.21. The molecule has 2 N–H and O–H groups in total. The van der Waals surface area contributed by atoms with E-state index < -0.39 is 0 Å². The molecule has 1 rings (SSSR count). The zero-order valence-corrected chi connectivity index (χ0v) is 17.5. The van der Waals surface area contributed by atoms with Gasteiger partial charge in [-0.3, -0.25) is 9.89 Å². The molecular formula is C20H43N5. The summed E-state index contributed by atoms with van der Waals surface area (Å²) in [4.78, 5) is 9.98. The number of piperidine rings is 1. The SMILES string of the molecule is CCNC(=NCC1CCCCN1CC)NC(C)CCCN(CC)CC. The van der Waals surface area contributed by atoms with E-state index in [9.17, 15) is 0 Å². The highest BCUT2D eigenvalue weighted by atomic mass is 15.2. The average molecular weight is 354 g/mol. The fraction of sp³-hybridized carbons (Fsp3) is 0.950. The van der Waals surface area contributed by atoms with Gasteiger partial charge in [0, 0.05) is 18.6 Å². The maximum atomic E-state index is 4.89. The van der Waals surface area contributed by atoms with E-state index in [4.69, 9.17) is 4.99 Å². The number of hydrogen-bond acceptors (Lipinski definition) is 3. The number of aliphatic imine (C=N–C) groups is 1. The highest BCUT2D eigenvalue weighted by Crippen LogP contribution is 2.16. The maximum Gasteiger partial charge on any atom is 0.191 e. The van der Waals surface area contributed by atoms with Crippen LogP contribution in [0.2, 0.25) is 0 Å². The van der Waals surface area contributed by atoms with Crippen molar-refractivity contribution >= 4 is 5.96 Å². The van der Waals surface area contributed by atoms with Crippen LogP contribution in [0.4, 0.5) is 0 Å². The molecule has 148 valence electrons. The Labute approximate surface area is 156 Å². The number of nitrogens with zero attached hydrogens (tertiary/aromatic N) is 3. The smallest absolute Gasteiger partial charge is 0.191 e. The molecule has 0 saturated carbocycles. The molecule has 0 amide bonds. The van der Waals surface area contributed by atoms with Gasteiger partial charge in [0.05, 0.1) is 6.54 Å². The predicted octanol–water partition coefficient (Wildman–Crippen LogP) is 2.93. The Kier molecular flexibility index (Phi) is 11.9. The van der Waals surface area contributed by atoms with Crippen LogP contribution < -0.4 is 10.6 Å². The summed E-state index contributed by atoms with van der Waals surface area (Å²) in [6, 6.07) is 1.08. The second-order valence-electron chi connectivity index (χ2n) is 7.21. The van der Waals surface area contributed by atoms with Crippen molar-refractivity contribution in [3.05, 3.63) is 0 Å². The third-order valence-electron chi connectivity index (χ3n) is 5.35. The van der Waals surface area contributed by atoms with E-state index in [0.717, 1.165) is 38.7 Å². The van der Waals surface area contributed by atoms with Crippen LogP contribution in [0.15, 0.2) is 4.99 Å². The van der Waals surface area contributed by atoms with E-state index in [0.29, 0.717) is 12.1 Å². The molecule has 1 saturated heterocycles. The van der Waals surface area contributed by atoms with Gasteiger partial charge in [0.25, 0.3) is 0 Å². The van der Waals surface area contributed by atoms with Gasteiger partial charge in [0.2, 0.25) is 0 Å². The van der Waals surface area contributed by atoms with Crippen molar-refractivity contribution in [1.29, 1.82) is 0 Å². The summed E-state index contributed by atoms with van der Waals surface area (Å²) in [6.07, 6.45) is 6.40. The Balaban J connectivity index is 2.43. The number of likely N-dealkylation sites (N-methyl/N-ethyl adjacent to an activating group) is 1. The van der Waals surface area contributed by atoms with Crippen LogP contribution in [-0.2, 0) is 0 Å². The van der Waals surface area contributed by atoms with Gasteiger partial charge in [-0.15, -0.1) is 0 Å². The van der Waals surface area contributed by atoms with E-state index in [-0.39, 0.29) is 0 Å². The van der Waals surface area contributed by atoms with E-state index >= 15 is 0 Å². The minimum Gasteiger partial charge on any atom is -0.357 e. The number of likely N-dealkylation sites (tertiary alicyclic amines) is 1.